The van der Waals surface area contributed by atoms with Crippen molar-refractivity contribution >= 4 is 11.6 Å². The standard InChI is InChI=1S/C14H22ClNO2/c1-3-14(4-2)9-11(7-8-17-14)16-10-12-5-6-13(15)18-12/h5-6,11,16H,3-4,7-10H2,1-2H3. The number of halogens is 1. The van der Waals surface area contributed by atoms with E-state index in [-0.39, 0.29) is 5.60 Å². The van der Waals surface area contributed by atoms with Crippen LogP contribution in [0.15, 0.2) is 16.5 Å². The highest BCUT2D eigenvalue weighted by atomic mass is 35.5. The monoisotopic (exact) mass is 271 g/mol. The summed E-state index contributed by atoms with van der Waals surface area (Å²) in [7, 11) is 0. The third-order valence-electron chi connectivity index (χ3n) is 3.98. The Kier molecular flexibility index (Phi) is 4.71. The van der Waals surface area contributed by atoms with Gasteiger partial charge in [0.2, 0.25) is 0 Å². The van der Waals surface area contributed by atoms with Crippen molar-refractivity contribution in [3.8, 4) is 0 Å². The van der Waals surface area contributed by atoms with E-state index in [2.05, 4.69) is 19.2 Å². The van der Waals surface area contributed by atoms with Gasteiger partial charge in [-0.05, 0) is 49.4 Å². The lowest BCUT2D eigenvalue weighted by Crippen LogP contribution is -2.46. The molecular weight excluding hydrogens is 250 g/mol. The van der Waals surface area contributed by atoms with Gasteiger partial charge in [-0.3, -0.25) is 0 Å². The number of furan rings is 1. The molecule has 1 atom stereocenters. The van der Waals surface area contributed by atoms with Crippen LogP contribution >= 0.6 is 11.6 Å². The maximum Gasteiger partial charge on any atom is 0.193 e. The average molecular weight is 272 g/mol. The maximum atomic E-state index is 5.97. The molecule has 2 heterocycles. The average Bonchev–Trinajstić information content (AvgIpc) is 2.82. The Morgan fingerprint density at radius 1 is 1.39 bits per heavy atom. The Bertz CT molecular complexity index is 374. The van der Waals surface area contributed by atoms with Gasteiger partial charge in [0.25, 0.3) is 0 Å². The van der Waals surface area contributed by atoms with E-state index in [1.165, 1.54) is 0 Å². The predicted octanol–water partition coefficient (Wildman–Crippen LogP) is 3.76. The Balaban J connectivity index is 1.86. The summed E-state index contributed by atoms with van der Waals surface area (Å²) in [5.74, 6) is 0.894. The van der Waals surface area contributed by atoms with Crippen LogP contribution in [-0.4, -0.2) is 18.2 Å². The molecule has 102 valence electrons. The summed E-state index contributed by atoms with van der Waals surface area (Å²) in [4.78, 5) is 0. The fraction of sp³-hybridized carbons (Fsp3) is 0.714. The topological polar surface area (TPSA) is 34.4 Å². The summed E-state index contributed by atoms with van der Waals surface area (Å²) in [5, 5.41) is 4.00. The zero-order valence-corrected chi connectivity index (χ0v) is 11.9. The Morgan fingerprint density at radius 3 is 2.78 bits per heavy atom. The van der Waals surface area contributed by atoms with Gasteiger partial charge in [-0.15, -0.1) is 0 Å². The summed E-state index contributed by atoms with van der Waals surface area (Å²) in [6.07, 6.45) is 4.30. The van der Waals surface area contributed by atoms with E-state index in [4.69, 9.17) is 20.8 Å². The van der Waals surface area contributed by atoms with Crippen molar-refractivity contribution in [3.63, 3.8) is 0 Å². The Hall–Kier alpha value is -0.510. The molecule has 0 saturated carbocycles. The molecule has 1 aromatic rings. The molecule has 0 amide bonds. The lowest BCUT2D eigenvalue weighted by Gasteiger charge is -2.40. The highest BCUT2D eigenvalue weighted by Crippen LogP contribution is 2.31. The van der Waals surface area contributed by atoms with Crippen molar-refractivity contribution < 1.29 is 9.15 Å². The summed E-state index contributed by atoms with van der Waals surface area (Å²) < 4.78 is 11.3. The molecule has 2 rings (SSSR count). The molecule has 0 bridgehead atoms. The van der Waals surface area contributed by atoms with E-state index in [0.29, 0.717) is 11.3 Å². The van der Waals surface area contributed by atoms with Crippen LogP contribution in [0.25, 0.3) is 0 Å². The molecule has 1 unspecified atom stereocenters. The predicted molar refractivity (Wildman–Crippen MR) is 72.8 cm³/mol. The van der Waals surface area contributed by atoms with Crippen LogP contribution < -0.4 is 5.32 Å². The van der Waals surface area contributed by atoms with E-state index in [1.54, 1.807) is 6.07 Å². The zero-order valence-electron chi connectivity index (χ0n) is 11.2. The molecule has 0 spiro atoms. The quantitative estimate of drug-likeness (QED) is 0.885. The first-order valence-corrected chi connectivity index (χ1v) is 7.17. The number of hydrogen-bond donors (Lipinski definition) is 1. The smallest absolute Gasteiger partial charge is 0.193 e. The molecule has 1 aliphatic heterocycles. The van der Waals surface area contributed by atoms with Crippen molar-refractivity contribution in [3.05, 3.63) is 23.1 Å². The second-order valence-electron chi connectivity index (χ2n) is 5.02. The van der Waals surface area contributed by atoms with E-state index in [9.17, 15) is 0 Å². The van der Waals surface area contributed by atoms with Gasteiger partial charge in [-0.25, -0.2) is 0 Å². The first-order valence-electron chi connectivity index (χ1n) is 6.79. The number of hydrogen-bond acceptors (Lipinski definition) is 3. The van der Waals surface area contributed by atoms with Gasteiger partial charge in [0.05, 0.1) is 12.1 Å². The van der Waals surface area contributed by atoms with Crippen LogP contribution in [0.3, 0.4) is 0 Å². The van der Waals surface area contributed by atoms with E-state index < -0.39 is 0 Å². The van der Waals surface area contributed by atoms with Crippen molar-refractivity contribution in [1.29, 1.82) is 0 Å². The molecule has 0 radical (unpaired) electrons. The summed E-state index contributed by atoms with van der Waals surface area (Å²) in [5.41, 5.74) is 0.0662. The molecular formula is C14H22ClNO2. The number of ether oxygens (including phenoxy) is 1. The molecule has 0 aromatic carbocycles. The van der Waals surface area contributed by atoms with Gasteiger partial charge < -0.3 is 14.5 Å². The zero-order chi connectivity index (χ0) is 13.0. The summed E-state index contributed by atoms with van der Waals surface area (Å²) in [6, 6.07) is 4.20. The van der Waals surface area contributed by atoms with Gasteiger partial charge >= 0.3 is 0 Å². The number of nitrogens with one attached hydrogen (secondary N) is 1. The van der Waals surface area contributed by atoms with Gasteiger partial charge in [0.1, 0.15) is 5.76 Å². The van der Waals surface area contributed by atoms with Crippen LogP contribution in [0.4, 0.5) is 0 Å². The minimum absolute atomic E-state index is 0.0662. The van der Waals surface area contributed by atoms with Gasteiger partial charge in [-0.1, -0.05) is 13.8 Å². The van der Waals surface area contributed by atoms with Gasteiger partial charge in [0.15, 0.2) is 5.22 Å². The molecule has 4 heteroatoms. The maximum absolute atomic E-state index is 5.97. The molecule has 1 N–H and O–H groups in total. The summed E-state index contributed by atoms with van der Waals surface area (Å²) in [6.45, 7) is 6.00. The number of rotatable bonds is 5. The first-order chi connectivity index (χ1) is 8.67. The second kappa shape index (κ2) is 6.09. The lowest BCUT2D eigenvalue weighted by molar-refractivity contribution is -0.0933. The second-order valence-corrected chi connectivity index (χ2v) is 5.39. The van der Waals surface area contributed by atoms with Crippen molar-refractivity contribution in [1.82, 2.24) is 5.32 Å². The molecule has 0 aliphatic carbocycles. The van der Waals surface area contributed by atoms with Crippen LogP contribution in [0, 0.1) is 0 Å². The molecule has 1 aliphatic rings. The van der Waals surface area contributed by atoms with Crippen molar-refractivity contribution in [2.24, 2.45) is 0 Å². The highest BCUT2D eigenvalue weighted by molar-refractivity contribution is 6.28. The normalized spacial score (nSPS) is 23.2. The first kappa shape index (κ1) is 13.9. The van der Waals surface area contributed by atoms with E-state index >= 15 is 0 Å². The van der Waals surface area contributed by atoms with Gasteiger partial charge in [-0.2, -0.15) is 0 Å². The molecule has 18 heavy (non-hydrogen) atoms. The summed E-state index contributed by atoms with van der Waals surface area (Å²) >= 11 is 5.76. The lowest BCUT2D eigenvalue weighted by atomic mass is 9.86. The SMILES string of the molecule is CCC1(CC)CC(NCc2ccc(Cl)o2)CCO1. The fourth-order valence-corrected chi connectivity index (χ4v) is 2.80. The van der Waals surface area contributed by atoms with Crippen molar-refractivity contribution in [2.45, 2.75) is 57.7 Å². The Morgan fingerprint density at radius 2 is 2.17 bits per heavy atom. The van der Waals surface area contributed by atoms with E-state index in [0.717, 1.165) is 44.6 Å². The highest BCUT2D eigenvalue weighted by Gasteiger charge is 2.34. The fourth-order valence-electron chi connectivity index (χ4n) is 2.64. The third-order valence-corrected chi connectivity index (χ3v) is 4.18. The van der Waals surface area contributed by atoms with Crippen molar-refractivity contribution in [2.75, 3.05) is 6.61 Å². The van der Waals surface area contributed by atoms with Crippen LogP contribution in [0.1, 0.15) is 45.3 Å². The minimum atomic E-state index is 0.0662. The van der Waals surface area contributed by atoms with Gasteiger partial charge in [0, 0.05) is 12.6 Å². The Labute approximate surface area is 114 Å². The molecule has 1 saturated heterocycles. The molecule has 3 nitrogen and oxygen atoms in total. The van der Waals surface area contributed by atoms with E-state index in [1.807, 2.05) is 6.07 Å². The van der Waals surface area contributed by atoms with Crippen LogP contribution in [0.5, 0.6) is 0 Å². The third kappa shape index (κ3) is 3.28. The minimum Gasteiger partial charge on any atom is -0.448 e. The van der Waals surface area contributed by atoms with Crippen LogP contribution in [-0.2, 0) is 11.3 Å². The molecule has 1 aromatic heterocycles. The molecule has 1 fully saturated rings. The van der Waals surface area contributed by atoms with Crippen LogP contribution in [0.2, 0.25) is 5.22 Å². The largest absolute Gasteiger partial charge is 0.448 e.